The van der Waals surface area contributed by atoms with Gasteiger partial charge in [0.05, 0.1) is 18.6 Å². The van der Waals surface area contributed by atoms with Crippen LogP contribution < -0.4 is 32.7 Å². The summed E-state index contributed by atoms with van der Waals surface area (Å²) in [6.07, 6.45) is 4.69. The van der Waals surface area contributed by atoms with Crippen LogP contribution in [0.15, 0.2) is 73.2 Å². The first kappa shape index (κ1) is 36.1. The quantitative estimate of drug-likeness (QED) is 0.0648. The van der Waals surface area contributed by atoms with Gasteiger partial charge in [-0.25, -0.2) is 4.98 Å². The van der Waals surface area contributed by atoms with E-state index in [1.807, 2.05) is 48.5 Å². The topological polar surface area (TPSA) is 214 Å². The molecule has 1 heterocycles. The first-order valence-electron chi connectivity index (χ1n) is 15.0. The molecule has 250 valence electrons. The Hall–Kier alpha value is -4.36. The Bertz CT molecular complexity index is 1410. The monoisotopic (exact) mass is 680 g/mol. The maximum atomic E-state index is 13.8. The summed E-state index contributed by atoms with van der Waals surface area (Å²) < 4.78 is -0.663. The number of unbranched alkanes of at least 4 members (excludes halogenated alkanes) is 1. The molecule has 0 saturated carbocycles. The molecule has 3 aromatic rings. The Morgan fingerprint density at radius 1 is 0.696 bits per heavy atom. The van der Waals surface area contributed by atoms with Gasteiger partial charge in [0.15, 0.2) is 0 Å². The molecule has 0 unspecified atom stereocenters. The Balaban J connectivity index is 1.81. The van der Waals surface area contributed by atoms with Crippen molar-refractivity contribution in [1.29, 1.82) is 0 Å². The van der Waals surface area contributed by atoms with Crippen LogP contribution in [0.2, 0.25) is 0 Å². The molecule has 2 aromatic carbocycles. The molecule has 0 aliphatic heterocycles. The second-order valence-electron chi connectivity index (χ2n) is 10.7. The summed E-state index contributed by atoms with van der Waals surface area (Å²) in [6.45, 7) is 0.0474. The second-order valence-corrected chi connectivity index (χ2v) is 11.2. The minimum atomic E-state index is -1.11. The van der Waals surface area contributed by atoms with E-state index in [1.165, 1.54) is 6.33 Å². The molecule has 0 bridgehead atoms. The van der Waals surface area contributed by atoms with Gasteiger partial charge in [0, 0.05) is 6.20 Å². The molecule has 3 rings (SSSR count). The van der Waals surface area contributed by atoms with Crippen LogP contribution in [0.4, 0.5) is 0 Å². The number of amides is 4. The van der Waals surface area contributed by atoms with Crippen LogP contribution in [0.1, 0.15) is 36.1 Å². The summed E-state index contributed by atoms with van der Waals surface area (Å²) in [5, 5.41) is 10.8. The van der Waals surface area contributed by atoms with Crippen molar-refractivity contribution in [3.05, 3.63) is 90.0 Å². The molecule has 0 spiro atoms. The van der Waals surface area contributed by atoms with E-state index in [9.17, 15) is 24.0 Å². The van der Waals surface area contributed by atoms with Gasteiger partial charge in [-0.2, -0.15) is 0 Å². The van der Waals surface area contributed by atoms with Gasteiger partial charge in [-0.05, 0) is 0 Å². The number of aromatic amines is 1. The SMILES string of the molecule is NCCCC[C@H](NC(=O)[C@H](Cc1c[nH]cn1)NC(=O)CN)C(=O)N[C@@H](Cc1ccccc1)C(=O)N[C@@H](Cc1ccccc1)[C](=O)[Cu]. The van der Waals surface area contributed by atoms with Crippen LogP contribution in [0.3, 0.4) is 0 Å². The van der Waals surface area contributed by atoms with Crippen LogP contribution in [0, 0.1) is 0 Å². The molecule has 0 radical (unpaired) electrons. The average Bonchev–Trinajstić information content (AvgIpc) is 3.57. The van der Waals surface area contributed by atoms with E-state index in [0.717, 1.165) is 11.1 Å². The summed E-state index contributed by atoms with van der Waals surface area (Å²) in [5.41, 5.74) is 13.2. The number of imidazole rings is 1. The van der Waals surface area contributed by atoms with Gasteiger partial charge in [0.25, 0.3) is 0 Å². The van der Waals surface area contributed by atoms with Crippen molar-refractivity contribution in [3.8, 4) is 0 Å². The number of hydrogen-bond acceptors (Lipinski definition) is 8. The van der Waals surface area contributed by atoms with Crippen molar-refractivity contribution in [1.82, 2.24) is 31.2 Å². The zero-order chi connectivity index (χ0) is 33.3. The van der Waals surface area contributed by atoms with Crippen LogP contribution in [-0.2, 0) is 59.2 Å². The van der Waals surface area contributed by atoms with Crippen molar-refractivity contribution in [2.45, 2.75) is 62.7 Å². The number of carbonyl (C=O) groups excluding carboxylic acids is 5. The number of hydrogen-bond donors (Lipinski definition) is 7. The first-order chi connectivity index (χ1) is 22.2. The summed E-state index contributed by atoms with van der Waals surface area (Å²) >= 11 is 5.11. The zero-order valence-corrected chi connectivity index (χ0v) is 26.3. The van der Waals surface area contributed by atoms with Crippen LogP contribution in [-0.4, -0.2) is 75.5 Å². The number of nitrogens with zero attached hydrogens (tertiary/aromatic N) is 1. The summed E-state index contributed by atoms with van der Waals surface area (Å²) in [5.74, 6) is -2.40. The third-order valence-electron chi connectivity index (χ3n) is 7.15. The number of carbonyl (C=O) groups is 5. The molecule has 13 nitrogen and oxygen atoms in total. The summed E-state index contributed by atoms with van der Waals surface area (Å²) in [4.78, 5) is 72.2. The number of benzene rings is 2. The second kappa shape index (κ2) is 19.2. The standard InChI is InChI=1S/C32H41N8O5.Cu/c33-14-8-7-13-26(39-32(45)28(38-29(42)18-34)17-24-19-35-21-36-24)30(43)40-27(16-23-11-5-2-6-12-23)31(44)37-25(20-41)15-22-9-3-1-4-10-22;/h1-6,9-12,19,21,25-28H,7-8,13-18,33-34H2,(H,35,36)(H,37,44)(H,38,42)(H,39,45)(H,40,43);/t25-,26-,27-,28-;/m0./s1. The molecule has 0 aliphatic carbocycles. The number of H-pyrrole nitrogens is 1. The maximum absolute atomic E-state index is 13.8. The summed E-state index contributed by atoms with van der Waals surface area (Å²) in [6, 6.07) is 13.9. The van der Waals surface area contributed by atoms with E-state index < -0.39 is 52.5 Å². The van der Waals surface area contributed by atoms with E-state index >= 15 is 0 Å². The van der Waals surface area contributed by atoms with Crippen molar-refractivity contribution >= 4 is 28.3 Å². The van der Waals surface area contributed by atoms with Crippen molar-refractivity contribution in [3.63, 3.8) is 0 Å². The van der Waals surface area contributed by atoms with Gasteiger partial charge in [-0.15, -0.1) is 0 Å². The van der Waals surface area contributed by atoms with Gasteiger partial charge in [0.2, 0.25) is 5.91 Å². The number of nitrogens with two attached hydrogens (primary N) is 2. The molecule has 9 N–H and O–H groups in total. The van der Waals surface area contributed by atoms with Gasteiger partial charge < -0.3 is 16.5 Å². The summed E-state index contributed by atoms with van der Waals surface area (Å²) in [7, 11) is 0. The number of rotatable bonds is 19. The van der Waals surface area contributed by atoms with E-state index in [4.69, 9.17) is 27.5 Å². The Labute approximate surface area is 276 Å². The third-order valence-corrected chi connectivity index (χ3v) is 7.48. The van der Waals surface area contributed by atoms with Gasteiger partial charge in [-0.3, -0.25) is 4.79 Å². The fourth-order valence-electron chi connectivity index (χ4n) is 4.74. The van der Waals surface area contributed by atoms with Gasteiger partial charge in [-0.1, -0.05) is 0 Å². The molecule has 4 atom stereocenters. The fraction of sp³-hybridized carbons (Fsp3) is 0.375. The first-order valence-corrected chi connectivity index (χ1v) is 15.5. The van der Waals surface area contributed by atoms with Crippen molar-refractivity contribution in [2.24, 2.45) is 11.5 Å². The van der Waals surface area contributed by atoms with Crippen LogP contribution >= 0.6 is 0 Å². The molecule has 4 amide bonds. The molecular weight excluding hydrogens is 640 g/mol. The predicted molar refractivity (Wildman–Crippen MR) is 167 cm³/mol. The van der Waals surface area contributed by atoms with E-state index in [1.54, 1.807) is 18.3 Å². The third kappa shape index (κ3) is 12.2. The van der Waals surface area contributed by atoms with Crippen molar-refractivity contribution < 1.29 is 40.0 Å². The fourth-order valence-corrected chi connectivity index (χ4v) is 4.90. The normalized spacial score (nSPS) is 13.5. The van der Waals surface area contributed by atoms with Crippen LogP contribution in [0.5, 0.6) is 0 Å². The molecule has 46 heavy (non-hydrogen) atoms. The predicted octanol–water partition coefficient (Wildman–Crippen LogP) is -0.462. The molecular formula is C32H41CuN8O5. The zero-order valence-electron chi connectivity index (χ0n) is 25.3. The number of aromatic nitrogens is 2. The van der Waals surface area contributed by atoms with Gasteiger partial charge >= 0.3 is 220 Å². The molecule has 0 fully saturated rings. The van der Waals surface area contributed by atoms with E-state index in [-0.39, 0.29) is 32.2 Å². The molecule has 14 heteroatoms. The Morgan fingerprint density at radius 3 is 1.74 bits per heavy atom. The average molecular weight is 681 g/mol. The van der Waals surface area contributed by atoms with Gasteiger partial charge in [0.1, 0.15) is 0 Å². The molecule has 0 aliphatic rings. The molecule has 1 aromatic heterocycles. The van der Waals surface area contributed by atoms with E-state index in [0.29, 0.717) is 25.1 Å². The van der Waals surface area contributed by atoms with Crippen LogP contribution in [0.25, 0.3) is 0 Å². The Morgan fingerprint density at radius 2 is 1.22 bits per heavy atom. The minimum absolute atomic E-state index is 0.0503. The van der Waals surface area contributed by atoms with E-state index in [2.05, 4.69) is 31.2 Å². The molecule has 0 saturated heterocycles. The van der Waals surface area contributed by atoms with Crippen molar-refractivity contribution in [2.75, 3.05) is 13.1 Å². The Kier molecular flexibility index (Phi) is 15.1. The number of nitrogens with one attached hydrogen (secondary N) is 5.